The van der Waals surface area contributed by atoms with Gasteiger partial charge in [-0.05, 0) is 18.4 Å². The van der Waals surface area contributed by atoms with Crippen LogP contribution in [0.25, 0.3) is 0 Å². The number of rotatable bonds is 5. The second kappa shape index (κ2) is 6.68. The average molecular weight is 262 g/mol. The van der Waals surface area contributed by atoms with E-state index in [2.05, 4.69) is 0 Å². The molecular formula is C15H22N2O2. The van der Waals surface area contributed by atoms with Gasteiger partial charge >= 0.3 is 0 Å². The first-order valence-corrected chi connectivity index (χ1v) is 6.78. The van der Waals surface area contributed by atoms with Gasteiger partial charge < -0.3 is 15.4 Å². The van der Waals surface area contributed by atoms with Crippen LogP contribution < -0.4 is 5.73 Å². The van der Waals surface area contributed by atoms with E-state index < -0.39 is 6.04 Å². The quantitative estimate of drug-likeness (QED) is 0.863. The molecule has 2 rings (SSSR count). The number of ether oxygens (including phenoxy) is 1. The Kier molecular flexibility index (Phi) is 4.93. The normalized spacial score (nSPS) is 20.5. The van der Waals surface area contributed by atoms with Crippen LogP contribution >= 0.6 is 0 Å². The van der Waals surface area contributed by atoms with Crippen molar-refractivity contribution in [1.29, 1.82) is 0 Å². The molecule has 1 aliphatic heterocycles. The lowest BCUT2D eigenvalue weighted by atomic mass is 10.1. The Morgan fingerprint density at radius 1 is 1.47 bits per heavy atom. The lowest BCUT2D eigenvalue weighted by molar-refractivity contribution is -0.131. The second-order valence-corrected chi connectivity index (χ2v) is 5.19. The van der Waals surface area contributed by atoms with Crippen LogP contribution in [-0.4, -0.2) is 43.7 Å². The van der Waals surface area contributed by atoms with Crippen LogP contribution in [0.15, 0.2) is 30.3 Å². The zero-order valence-electron chi connectivity index (χ0n) is 11.4. The van der Waals surface area contributed by atoms with E-state index in [0.717, 1.165) is 31.7 Å². The molecule has 19 heavy (non-hydrogen) atoms. The Morgan fingerprint density at radius 2 is 2.21 bits per heavy atom. The Labute approximate surface area is 114 Å². The number of carbonyl (C=O) groups is 1. The molecule has 0 spiro atoms. The molecule has 0 bridgehead atoms. The van der Waals surface area contributed by atoms with E-state index in [9.17, 15) is 4.79 Å². The van der Waals surface area contributed by atoms with Crippen molar-refractivity contribution in [3.8, 4) is 0 Å². The van der Waals surface area contributed by atoms with Gasteiger partial charge in [0.1, 0.15) is 0 Å². The maximum absolute atomic E-state index is 12.3. The summed E-state index contributed by atoms with van der Waals surface area (Å²) in [5.74, 6) is 0.514. The van der Waals surface area contributed by atoms with Gasteiger partial charge in [0.15, 0.2) is 0 Å². The van der Waals surface area contributed by atoms with Gasteiger partial charge in [0.05, 0.1) is 12.6 Å². The lowest BCUT2D eigenvalue weighted by Crippen LogP contribution is -2.44. The Hall–Kier alpha value is -1.39. The standard InChI is InChI=1S/C15H22N2O2/c1-19-11-13-7-8-17(10-13)15(18)14(16)9-12-5-3-2-4-6-12/h2-6,13-14H,7-11,16H2,1H3/t13?,14-/m0/s1. The number of nitrogens with two attached hydrogens (primary N) is 1. The number of likely N-dealkylation sites (tertiary alicyclic amines) is 1. The van der Waals surface area contributed by atoms with Crippen molar-refractivity contribution >= 4 is 5.91 Å². The predicted molar refractivity (Wildman–Crippen MR) is 74.7 cm³/mol. The molecule has 1 heterocycles. The Balaban J connectivity index is 1.86. The Morgan fingerprint density at radius 3 is 2.89 bits per heavy atom. The zero-order chi connectivity index (χ0) is 13.7. The molecule has 2 atom stereocenters. The summed E-state index contributed by atoms with van der Waals surface area (Å²) in [5, 5.41) is 0. The van der Waals surface area contributed by atoms with Crippen LogP contribution in [0.4, 0.5) is 0 Å². The molecule has 0 radical (unpaired) electrons. The number of hydrogen-bond donors (Lipinski definition) is 1. The highest BCUT2D eigenvalue weighted by molar-refractivity contribution is 5.82. The maximum Gasteiger partial charge on any atom is 0.239 e. The first-order chi connectivity index (χ1) is 9.20. The molecule has 4 nitrogen and oxygen atoms in total. The molecule has 0 aliphatic carbocycles. The van der Waals surface area contributed by atoms with Gasteiger partial charge in [-0.1, -0.05) is 30.3 Å². The minimum atomic E-state index is -0.441. The van der Waals surface area contributed by atoms with Crippen molar-refractivity contribution in [3.05, 3.63) is 35.9 Å². The molecule has 104 valence electrons. The largest absolute Gasteiger partial charge is 0.384 e. The number of benzene rings is 1. The second-order valence-electron chi connectivity index (χ2n) is 5.19. The molecule has 1 unspecified atom stereocenters. The summed E-state index contributed by atoms with van der Waals surface area (Å²) in [6, 6.07) is 9.47. The molecule has 1 aromatic rings. The first kappa shape index (κ1) is 14.0. The lowest BCUT2D eigenvalue weighted by Gasteiger charge is -2.21. The smallest absolute Gasteiger partial charge is 0.239 e. The van der Waals surface area contributed by atoms with E-state index >= 15 is 0 Å². The zero-order valence-corrected chi connectivity index (χ0v) is 11.4. The molecule has 1 fully saturated rings. The van der Waals surface area contributed by atoms with Crippen LogP contribution in [-0.2, 0) is 16.0 Å². The first-order valence-electron chi connectivity index (χ1n) is 6.78. The molecule has 0 aromatic heterocycles. The highest BCUT2D eigenvalue weighted by Crippen LogP contribution is 2.17. The molecule has 1 aliphatic rings. The molecule has 1 amide bonds. The topological polar surface area (TPSA) is 55.6 Å². The Bertz CT molecular complexity index is 408. The molecule has 1 saturated heterocycles. The highest BCUT2D eigenvalue weighted by Gasteiger charge is 2.29. The van der Waals surface area contributed by atoms with E-state index in [1.54, 1.807) is 7.11 Å². The molecular weight excluding hydrogens is 240 g/mol. The van der Waals surface area contributed by atoms with Crippen LogP contribution in [0.5, 0.6) is 0 Å². The third-order valence-electron chi connectivity index (χ3n) is 3.62. The summed E-state index contributed by atoms with van der Waals surface area (Å²) in [6.45, 7) is 2.29. The van der Waals surface area contributed by atoms with Gasteiger partial charge in [0.2, 0.25) is 5.91 Å². The SMILES string of the molecule is COCC1CCN(C(=O)[C@@H](N)Cc2ccccc2)C1. The van der Waals surface area contributed by atoms with E-state index in [-0.39, 0.29) is 5.91 Å². The van der Waals surface area contributed by atoms with Crippen molar-refractivity contribution in [2.45, 2.75) is 18.9 Å². The highest BCUT2D eigenvalue weighted by atomic mass is 16.5. The van der Waals surface area contributed by atoms with E-state index in [1.165, 1.54) is 0 Å². The van der Waals surface area contributed by atoms with Gasteiger partial charge in [-0.3, -0.25) is 4.79 Å². The molecule has 2 N–H and O–H groups in total. The summed E-state index contributed by atoms with van der Waals surface area (Å²) in [6.07, 6.45) is 1.61. The minimum absolute atomic E-state index is 0.0578. The number of carbonyl (C=O) groups excluding carboxylic acids is 1. The maximum atomic E-state index is 12.3. The molecule has 4 heteroatoms. The van der Waals surface area contributed by atoms with Crippen LogP contribution in [0.1, 0.15) is 12.0 Å². The summed E-state index contributed by atoms with van der Waals surface area (Å²) >= 11 is 0. The van der Waals surface area contributed by atoms with Gasteiger partial charge in [0.25, 0.3) is 0 Å². The summed E-state index contributed by atoms with van der Waals surface area (Å²) in [7, 11) is 1.70. The fraction of sp³-hybridized carbons (Fsp3) is 0.533. The third-order valence-corrected chi connectivity index (χ3v) is 3.62. The van der Waals surface area contributed by atoms with E-state index in [0.29, 0.717) is 12.3 Å². The van der Waals surface area contributed by atoms with E-state index in [1.807, 2.05) is 35.2 Å². The summed E-state index contributed by atoms with van der Waals surface area (Å²) in [4.78, 5) is 14.1. The average Bonchev–Trinajstić information content (AvgIpc) is 2.88. The van der Waals surface area contributed by atoms with Crippen LogP contribution in [0.2, 0.25) is 0 Å². The van der Waals surface area contributed by atoms with Gasteiger partial charge in [0, 0.05) is 26.1 Å². The van der Waals surface area contributed by atoms with Crippen molar-refractivity contribution in [2.24, 2.45) is 11.7 Å². The number of nitrogens with zero attached hydrogens (tertiary/aromatic N) is 1. The monoisotopic (exact) mass is 262 g/mol. The van der Waals surface area contributed by atoms with Crippen molar-refractivity contribution < 1.29 is 9.53 Å². The minimum Gasteiger partial charge on any atom is -0.384 e. The summed E-state index contributed by atoms with van der Waals surface area (Å²) in [5.41, 5.74) is 7.13. The third kappa shape index (κ3) is 3.78. The van der Waals surface area contributed by atoms with Crippen molar-refractivity contribution in [1.82, 2.24) is 4.90 Å². The molecule has 1 aromatic carbocycles. The van der Waals surface area contributed by atoms with Crippen LogP contribution in [0.3, 0.4) is 0 Å². The van der Waals surface area contributed by atoms with Crippen molar-refractivity contribution in [3.63, 3.8) is 0 Å². The van der Waals surface area contributed by atoms with Gasteiger partial charge in [-0.2, -0.15) is 0 Å². The fourth-order valence-corrected chi connectivity index (χ4v) is 2.59. The number of amides is 1. The van der Waals surface area contributed by atoms with Gasteiger partial charge in [-0.25, -0.2) is 0 Å². The molecule has 0 saturated carbocycles. The fourth-order valence-electron chi connectivity index (χ4n) is 2.59. The predicted octanol–water partition coefficient (Wildman–Crippen LogP) is 1.05. The number of hydrogen-bond acceptors (Lipinski definition) is 3. The summed E-state index contributed by atoms with van der Waals surface area (Å²) < 4.78 is 5.14. The van der Waals surface area contributed by atoms with Gasteiger partial charge in [-0.15, -0.1) is 0 Å². The van der Waals surface area contributed by atoms with Crippen molar-refractivity contribution in [2.75, 3.05) is 26.8 Å². The van der Waals surface area contributed by atoms with E-state index in [4.69, 9.17) is 10.5 Å². The number of methoxy groups -OCH3 is 1. The van der Waals surface area contributed by atoms with Crippen LogP contribution in [0, 0.1) is 5.92 Å².